The van der Waals surface area contributed by atoms with Crippen molar-refractivity contribution >= 4 is 28.9 Å². The second kappa shape index (κ2) is 12.1. The van der Waals surface area contributed by atoms with Gasteiger partial charge in [-0.2, -0.15) is 4.98 Å². The number of ether oxygens (including phenoxy) is 3. The largest absolute Gasteiger partial charge is 0.493 e. The average Bonchev–Trinajstić information content (AvgIpc) is 3.54. The van der Waals surface area contributed by atoms with Crippen LogP contribution in [-0.2, 0) is 9.47 Å². The molecule has 1 saturated heterocycles. The molecule has 1 aliphatic rings. The summed E-state index contributed by atoms with van der Waals surface area (Å²) in [4.78, 5) is 33.6. The number of fused-ring (bicyclic) bond motifs is 1. The molecule has 1 atom stereocenters. The Kier molecular flexibility index (Phi) is 8.65. The van der Waals surface area contributed by atoms with Crippen molar-refractivity contribution in [3.05, 3.63) is 42.3 Å². The number of carbonyl (C=O) groups is 2. The number of methoxy groups -OCH3 is 1. The predicted octanol–water partition coefficient (Wildman–Crippen LogP) is 5.00. The molecule has 0 spiro atoms. The predicted molar refractivity (Wildman–Crippen MR) is 143 cm³/mol. The van der Waals surface area contributed by atoms with Crippen molar-refractivity contribution in [3.63, 3.8) is 0 Å². The quantitative estimate of drug-likeness (QED) is 0.239. The minimum Gasteiger partial charge on any atom is -0.493 e. The standard InChI is InChI=1S/C27H33N5O7/c1-27(2,3)38-26(35)30-24(29-25(33)34)32-12-5-7-21(32)23-28-22(31-39-23)19-9-8-18-16-20(11-10-17(18)15-19)37-14-6-13-36-4/h8-11,15-16,21H,5-7,12-14H2,1-4H3,(H,33,34)(H,29,30,35). The van der Waals surface area contributed by atoms with Gasteiger partial charge in [0.1, 0.15) is 17.4 Å². The molecule has 1 fully saturated rings. The number of amides is 2. The topological polar surface area (TPSA) is 149 Å². The SMILES string of the molecule is COCCCOc1ccc2cc(-c3noc(C4CCCN4C(=NC(=O)O)NC(=O)OC(C)(C)C)n3)ccc2c1. The molecule has 1 aliphatic heterocycles. The third-order valence-electron chi connectivity index (χ3n) is 5.90. The highest BCUT2D eigenvalue weighted by Crippen LogP contribution is 2.33. The van der Waals surface area contributed by atoms with Gasteiger partial charge in [-0.15, -0.1) is 4.99 Å². The first kappa shape index (κ1) is 27.8. The van der Waals surface area contributed by atoms with E-state index in [1.54, 1.807) is 32.8 Å². The van der Waals surface area contributed by atoms with Crippen molar-refractivity contribution < 1.29 is 33.4 Å². The highest BCUT2D eigenvalue weighted by atomic mass is 16.6. The summed E-state index contributed by atoms with van der Waals surface area (Å²) in [5.41, 5.74) is 0.00466. The van der Waals surface area contributed by atoms with Crippen LogP contribution in [0.3, 0.4) is 0 Å². The van der Waals surface area contributed by atoms with E-state index >= 15 is 0 Å². The molecule has 3 aromatic rings. The van der Waals surface area contributed by atoms with Gasteiger partial charge in [0.15, 0.2) is 0 Å². The molecule has 0 saturated carbocycles. The number of benzene rings is 2. The number of alkyl carbamates (subject to hydrolysis) is 1. The Labute approximate surface area is 225 Å². The van der Waals surface area contributed by atoms with E-state index in [1.807, 2.05) is 36.4 Å². The summed E-state index contributed by atoms with van der Waals surface area (Å²) in [5.74, 6) is 1.33. The van der Waals surface area contributed by atoms with Crippen LogP contribution in [0.4, 0.5) is 9.59 Å². The van der Waals surface area contributed by atoms with Gasteiger partial charge >= 0.3 is 12.2 Å². The second-order valence-corrected chi connectivity index (χ2v) is 10.1. The lowest BCUT2D eigenvalue weighted by atomic mass is 10.1. The molecule has 208 valence electrons. The average molecular weight is 540 g/mol. The Balaban J connectivity index is 1.51. The number of nitrogens with one attached hydrogen (secondary N) is 1. The first-order valence-electron chi connectivity index (χ1n) is 12.7. The van der Waals surface area contributed by atoms with Gasteiger partial charge in [0.25, 0.3) is 0 Å². The number of aromatic nitrogens is 2. The van der Waals surface area contributed by atoms with Gasteiger partial charge in [-0.25, -0.2) is 9.59 Å². The summed E-state index contributed by atoms with van der Waals surface area (Å²) in [5, 5.41) is 17.9. The number of aliphatic imine (C=N–C) groups is 1. The van der Waals surface area contributed by atoms with Gasteiger partial charge in [0, 0.05) is 32.2 Å². The van der Waals surface area contributed by atoms with E-state index in [1.165, 1.54) is 0 Å². The van der Waals surface area contributed by atoms with Crippen molar-refractivity contribution in [3.8, 4) is 17.1 Å². The molecule has 0 aliphatic carbocycles. The van der Waals surface area contributed by atoms with E-state index in [0.29, 0.717) is 44.3 Å². The molecule has 0 bridgehead atoms. The minimum atomic E-state index is -1.45. The Morgan fingerprint density at radius 1 is 1.18 bits per heavy atom. The van der Waals surface area contributed by atoms with E-state index in [4.69, 9.17) is 18.7 Å². The molecule has 39 heavy (non-hydrogen) atoms. The van der Waals surface area contributed by atoms with Crippen molar-refractivity contribution in [2.24, 2.45) is 4.99 Å². The third kappa shape index (κ3) is 7.44. The highest BCUT2D eigenvalue weighted by Gasteiger charge is 2.35. The molecule has 0 radical (unpaired) electrons. The monoisotopic (exact) mass is 539 g/mol. The van der Waals surface area contributed by atoms with Crippen LogP contribution in [0.5, 0.6) is 5.75 Å². The minimum absolute atomic E-state index is 0.148. The van der Waals surface area contributed by atoms with Crippen LogP contribution in [0.15, 0.2) is 45.9 Å². The van der Waals surface area contributed by atoms with Crippen LogP contribution in [0.25, 0.3) is 22.2 Å². The number of carbonyl (C=O) groups excluding carboxylic acids is 1. The van der Waals surface area contributed by atoms with Crippen molar-refractivity contribution in [2.75, 3.05) is 26.9 Å². The lowest BCUT2D eigenvalue weighted by Crippen LogP contribution is -2.46. The zero-order valence-electron chi connectivity index (χ0n) is 22.5. The summed E-state index contributed by atoms with van der Waals surface area (Å²) in [6.07, 6.45) is -0.117. The lowest BCUT2D eigenvalue weighted by Gasteiger charge is -2.26. The molecular formula is C27H33N5O7. The third-order valence-corrected chi connectivity index (χ3v) is 5.90. The number of hydrogen-bond donors (Lipinski definition) is 2. The first-order valence-corrected chi connectivity index (χ1v) is 12.7. The number of likely N-dealkylation sites (tertiary alicyclic amines) is 1. The van der Waals surface area contributed by atoms with Crippen molar-refractivity contribution in [1.82, 2.24) is 20.4 Å². The number of nitrogens with zero attached hydrogens (tertiary/aromatic N) is 4. The van der Waals surface area contributed by atoms with E-state index in [0.717, 1.165) is 28.5 Å². The van der Waals surface area contributed by atoms with E-state index in [-0.39, 0.29) is 5.96 Å². The Morgan fingerprint density at radius 3 is 2.69 bits per heavy atom. The fraction of sp³-hybridized carbons (Fsp3) is 0.444. The summed E-state index contributed by atoms with van der Waals surface area (Å²) in [6.45, 7) is 6.80. The maximum Gasteiger partial charge on any atom is 0.434 e. The summed E-state index contributed by atoms with van der Waals surface area (Å²) in [6, 6.07) is 11.2. The van der Waals surface area contributed by atoms with Crippen LogP contribution in [0.1, 0.15) is 52.0 Å². The Hall–Kier alpha value is -4.19. The molecule has 1 unspecified atom stereocenters. The smallest absolute Gasteiger partial charge is 0.434 e. The molecule has 2 N–H and O–H groups in total. The normalized spacial score (nSPS) is 15.9. The van der Waals surface area contributed by atoms with Gasteiger partial charge in [-0.3, -0.25) is 5.32 Å². The Bertz CT molecular complexity index is 1350. The van der Waals surface area contributed by atoms with Gasteiger partial charge in [-0.05, 0) is 62.6 Å². The van der Waals surface area contributed by atoms with E-state index in [2.05, 4.69) is 20.4 Å². The summed E-state index contributed by atoms with van der Waals surface area (Å²) >= 11 is 0. The van der Waals surface area contributed by atoms with Gasteiger partial charge in [0.2, 0.25) is 17.7 Å². The zero-order chi connectivity index (χ0) is 28.0. The first-order chi connectivity index (χ1) is 18.6. The highest BCUT2D eigenvalue weighted by molar-refractivity contribution is 5.98. The van der Waals surface area contributed by atoms with Gasteiger partial charge < -0.3 is 28.7 Å². The number of hydrogen-bond acceptors (Lipinski definition) is 8. The van der Waals surface area contributed by atoms with Crippen LogP contribution in [-0.4, -0.2) is 70.8 Å². The lowest BCUT2D eigenvalue weighted by molar-refractivity contribution is 0.0555. The van der Waals surface area contributed by atoms with Gasteiger partial charge in [0.05, 0.1) is 6.61 Å². The maximum absolute atomic E-state index is 12.3. The second-order valence-electron chi connectivity index (χ2n) is 10.1. The molecule has 2 amide bonds. The molecule has 12 nitrogen and oxygen atoms in total. The molecule has 1 aromatic heterocycles. The molecule has 2 heterocycles. The maximum atomic E-state index is 12.3. The molecule has 4 rings (SSSR count). The van der Waals surface area contributed by atoms with Crippen LogP contribution >= 0.6 is 0 Å². The summed E-state index contributed by atoms with van der Waals surface area (Å²) < 4.78 is 21.7. The van der Waals surface area contributed by atoms with Crippen molar-refractivity contribution in [1.29, 1.82) is 0 Å². The fourth-order valence-corrected chi connectivity index (χ4v) is 4.26. The van der Waals surface area contributed by atoms with Crippen LogP contribution < -0.4 is 10.1 Å². The number of rotatable bonds is 7. The Morgan fingerprint density at radius 2 is 1.95 bits per heavy atom. The zero-order valence-corrected chi connectivity index (χ0v) is 22.5. The van der Waals surface area contributed by atoms with Gasteiger partial charge in [-0.1, -0.05) is 23.4 Å². The molecular weight excluding hydrogens is 506 g/mol. The summed E-state index contributed by atoms with van der Waals surface area (Å²) in [7, 11) is 1.67. The number of guanidine groups is 1. The van der Waals surface area contributed by atoms with E-state index < -0.39 is 23.8 Å². The van der Waals surface area contributed by atoms with E-state index in [9.17, 15) is 14.7 Å². The molecule has 2 aromatic carbocycles. The van der Waals surface area contributed by atoms with Crippen molar-refractivity contribution in [2.45, 2.75) is 51.7 Å². The van der Waals surface area contributed by atoms with Crippen LogP contribution in [0, 0.1) is 0 Å². The van der Waals surface area contributed by atoms with Crippen LogP contribution in [0.2, 0.25) is 0 Å². The molecule has 12 heteroatoms. The number of carboxylic acid groups (broad SMARTS) is 1. The fourth-order valence-electron chi connectivity index (χ4n) is 4.26.